The van der Waals surface area contributed by atoms with E-state index in [4.69, 9.17) is 10.8 Å². The second-order valence-corrected chi connectivity index (χ2v) is 5.74. The molecule has 0 fully saturated rings. The summed E-state index contributed by atoms with van der Waals surface area (Å²) in [6.45, 7) is 3.23. The first-order valence-corrected chi connectivity index (χ1v) is 5.74. The van der Waals surface area contributed by atoms with Gasteiger partial charge in [-0.05, 0) is 26.0 Å². The van der Waals surface area contributed by atoms with Crippen LogP contribution < -0.4 is 5.73 Å². The van der Waals surface area contributed by atoms with Crippen LogP contribution in [0.25, 0.3) is 0 Å². The van der Waals surface area contributed by atoms with Crippen LogP contribution in [0.2, 0.25) is 0 Å². The summed E-state index contributed by atoms with van der Waals surface area (Å²) in [6, 6.07) is -1.08. The molecule has 0 aromatic rings. The molecule has 96 valence electrons. The molecule has 1 atom stereocenters. The summed E-state index contributed by atoms with van der Waals surface area (Å²) in [7, 11) is 0. The highest BCUT2D eigenvalue weighted by molar-refractivity contribution is 8.00. The van der Waals surface area contributed by atoms with Gasteiger partial charge in [0.15, 0.2) is 0 Å². The Balaban J connectivity index is 3.96. The smallest absolute Gasteiger partial charge is 0.389 e. The molecule has 7 heteroatoms. The normalized spacial score (nSPS) is 14.9. The van der Waals surface area contributed by atoms with Crippen LogP contribution in [0, 0.1) is 0 Å². The van der Waals surface area contributed by atoms with Crippen LogP contribution in [0.1, 0.15) is 26.7 Å². The number of carboxylic acids is 1. The van der Waals surface area contributed by atoms with E-state index < -0.39 is 29.4 Å². The number of hydrogen-bond donors (Lipinski definition) is 2. The van der Waals surface area contributed by atoms with Crippen LogP contribution in [-0.2, 0) is 4.79 Å². The van der Waals surface area contributed by atoms with Gasteiger partial charge in [0.25, 0.3) is 0 Å². The molecule has 0 saturated carbocycles. The van der Waals surface area contributed by atoms with Crippen molar-refractivity contribution < 1.29 is 23.1 Å². The number of nitrogens with two attached hydrogens (primary N) is 1. The third-order valence-corrected chi connectivity index (χ3v) is 3.58. The maximum absolute atomic E-state index is 11.8. The molecule has 3 N–H and O–H groups in total. The fourth-order valence-electron chi connectivity index (χ4n) is 0.995. The quantitative estimate of drug-likeness (QED) is 0.718. The first-order chi connectivity index (χ1) is 7.06. The van der Waals surface area contributed by atoms with E-state index in [2.05, 4.69) is 0 Å². The molecule has 0 rings (SSSR count). The van der Waals surface area contributed by atoms with E-state index in [1.807, 2.05) is 0 Å². The zero-order chi connectivity index (χ0) is 13.0. The minimum atomic E-state index is -4.15. The number of hydrogen-bond acceptors (Lipinski definition) is 3. The van der Waals surface area contributed by atoms with E-state index in [1.54, 1.807) is 13.8 Å². The number of rotatable bonds is 6. The second kappa shape index (κ2) is 5.77. The standard InChI is InChI=1S/C9H16F3NO2S/c1-8(2,6(13)7(14)15)16-5-3-4-9(10,11)12/h6H,3-5,13H2,1-2H3,(H,14,15)/t6-/m1/s1. The van der Waals surface area contributed by atoms with E-state index in [0.29, 0.717) is 0 Å². The summed E-state index contributed by atoms with van der Waals surface area (Å²) in [4.78, 5) is 10.6. The zero-order valence-electron chi connectivity index (χ0n) is 9.17. The van der Waals surface area contributed by atoms with Gasteiger partial charge in [-0.2, -0.15) is 24.9 Å². The third-order valence-electron chi connectivity index (χ3n) is 2.09. The average Bonchev–Trinajstić information content (AvgIpc) is 2.09. The minimum Gasteiger partial charge on any atom is -0.480 e. The summed E-state index contributed by atoms with van der Waals surface area (Å²) in [5.74, 6) is -0.902. The number of carboxylic acid groups (broad SMARTS) is 1. The molecular formula is C9H16F3NO2S. The van der Waals surface area contributed by atoms with Crippen LogP contribution >= 0.6 is 11.8 Å². The lowest BCUT2D eigenvalue weighted by atomic mass is 10.1. The molecule has 0 aliphatic rings. The van der Waals surface area contributed by atoms with Crippen molar-refractivity contribution >= 4 is 17.7 Å². The van der Waals surface area contributed by atoms with E-state index in [9.17, 15) is 18.0 Å². The van der Waals surface area contributed by atoms with Gasteiger partial charge >= 0.3 is 12.1 Å². The summed E-state index contributed by atoms with van der Waals surface area (Å²) in [6.07, 6.45) is -5.03. The Morgan fingerprint density at radius 1 is 1.44 bits per heavy atom. The maximum Gasteiger partial charge on any atom is 0.389 e. The van der Waals surface area contributed by atoms with Gasteiger partial charge in [0.05, 0.1) is 0 Å². The van der Waals surface area contributed by atoms with Crippen molar-refractivity contribution in [2.24, 2.45) is 5.73 Å². The maximum atomic E-state index is 11.8. The predicted molar refractivity (Wildman–Crippen MR) is 57.4 cm³/mol. The van der Waals surface area contributed by atoms with Crippen molar-refractivity contribution in [3.8, 4) is 0 Å². The van der Waals surface area contributed by atoms with Crippen LogP contribution in [0.5, 0.6) is 0 Å². The topological polar surface area (TPSA) is 63.3 Å². The Bertz CT molecular complexity index is 243. The Hall–Kier alpha value is -0.430. The van der Waals surface area contributed by atoms with E-state index in [1.165, 1.54) is 0 Å². The lowest BCUT2D eigenvalue weighted by molar-refractivity contribution is -0.139. The number of halogens is 3. The molecular weight excluding hydrogens is 243 g/mol. The van der Waals surface area contributed by atoms with Gasteiger partial charge in [-0.1, -0.05) is 0 Å². The molecule has 0 aliphatic heterocycles. The lowest BCUT2D eigenvalue weighted by Gasteiger charge is -2.28. The van der Waals surface area contributed by atoms with Crippen LogP contribution in [-0.4, -0.2) is 33.8 Å². The number of aliphatic carboxylic acids is 1. The number of carbonyl (C=O) groups is 1. The average molecular weight is 259 g/mol. The first-order valence-electron chi connectivity index (χ1n) is 4.75. The highest BCUT2D eigenvalue weighted by Crippen LogP contribution is 2.30. The fraction of sp³-hybridized carbons (Fsp3) is 0.889. The van der Waals surface area contributed by atoms with Gasteiger partial charge in [-0.15, -0.1) is 0 Å². The summed E-state index contributed by atoms with van der Waals surface area (Å²) in [5.41, 5.74) is 5.42. The van der Waals surface area contributed by atoms with Gasteiger partial charge in [0.1, 0.15) is 6.04 Å². The first kappa shape index (κ1) is 15.6. The van der Waals surface area contributed by atoms with Gasteiger partial charge in [0, 0.05) is 11.2 Å². The van der Waals surface area contributed by atoms with Crippen molar-refractivity contribution in [3.63, 3.8) is 0 Å². The summed E-state index contributed by atoms with van der Waals surface area (Å²) < 4.78 is 34.7. The summed E-state index contributed by atoms with van der Waals surface area (Å²) in [5, 5.41) is 8.69. The van der Waals surface area contributed by atoms with E-state index in [-0.39, 0.29) is 12.2 Å². The zero-order valence-corrected chi connectivity index (χ0v) is 9.99. The molecule has 16 heavy (non-hydrogen) atoms. The molecule has 0 aromatic carbocycles. The molecule has 0 saturated heterocycles. The van der Waals surface area contributed by atoms with Gasteiger partial charge in [0.2, 0.25) is 0 Å². The van der Waals surface area contributed by atoms with Crippen LogP contribution in [0.15, 0.2) is 0 Å². The Morgan fingerprint density at radius 3 is 2.31 bits per heavy atom. The minimum absolute atomic E-state index is 0.0239. The second-order valence-electron chi connectivity index (χ2n) is 3.99. The third kappa shape index (κ3) is 6.22. The molecule has 0 aliphatic carbocycles. The largest absolute Gasteiger partial charge is 0.480 e. The molecule has 0 spiro atoms. The van der Waals surface area contributed by atoms with Gasteiger partial charge < -0.3 is 10.8 Å². The van der Waals surface area contributed by atoms with Crippen LogP contribution in [0.4, 0.5) is 13.2 Å². The lowest BCUT2D eigenvalue weighted by Crippen LogP contribution is -2.46. The Labute approximate surface area is 96.6 Å². The molecule has 0 amide bonds. The van der Waals surface area contributed by atoms with Crippen LogP contribution in [0.3, 0.4) is 0 Å². The highest BCUT2D eigenvalue weighted by atomic mass is 32.2. The van der Waals surface area contributed by atoms with Crippen molar-refractivity contribution in [1.82, 2.24) is 0 Å². The monoisotopic (exact) mass is 259 g/mol. The molecule has 0 heterocycles. The fourth-order valence-corrected chi connectivity index (χ4v) is 2.09. The number of alkyl halides is 3. The van der Waals surface area contributed by atoms with Gasteiger partial charge in [-0.3, -0.25) is 4.79 Å². The predicted octanol–water partition coefficient (Wildman–Crippen LogP) is 2.25. The Morgan fingerprint density at radius 2 is 1.94 bits per heavy atom. The van der Waals surface area contributed by atoms with E-state index in [0.717, 1.165) is 11.8 Å². The van der Waals surface area contributed by atoms with Crippen molar-refractivity contribution in [3.05, 3.63) is 0 Å². The summed E-state index contributed by atoms with van der Waals surface area (Å²) >= 11 is 1.15. The van der Waals surface area contributed by atoms with Gasteiger partial charge in [-0.25, -0.2) is 0 Å². The molecule has 0 unspecified atom stereocenters. The van der Waals surface area contributed by atoms with Crippen molar-refractivity contribution in [2.75, 3.05) is 5.75 Å². The highest BCUT2D eigenvalue weighted by Gasteiger charge is 2.33. The molecule has 0 bridgehead atoms. The molecule has 0 radical (unpaired) electrons. The molecule has 3 nitrogen and oxygen atoms in total. The van der Waals surface area contributed by atoms with E-state index >= 15 is 0 Å². The van der Waals surface area contributed by atoms with Crippen molar-refractivity contribution in [1.29, 1.82) is 0 Å². The SMILES string of the molecule is CC(C)(SCCCC(F)(F)F)[C@H](N)C(=O)O. The Kier molecular flexibility index (Phi) is 5.61. The number of thioether (sulfide) groups is 1. The molecule has 0 aromatic heterocycles. The van der Waals surface area contributed by atoms with Crippen molar-refractivity contribution in [2.45, 2.75) is 43.7 Å².